The molecule has 0 radical (unpaired) electrons. The molecule has 0 aromatic carbocycles. The maximum atomic E-state index is 11.8. The van der Waals surface area contributed by atoms with Crippen molar-refractivity contribution in [3.05, 3.63) is 0 Å². The van der Waals surface area contributed by atoms with Crippen molar-refractivity contribution in [2.24, 2.45) is 0 Å². The van der Waals surface area contributed by atoms with Crippen LogP contribution in [0.15, 0.2) is 0 Å². The van der Waals surface area contributed by atoms with Gasteiger partial charge in [-0.05, 0) is 19.9 Å². The number of carbonyl (C=O) groups excluding carboxylic acids is 1. The van der Waals surface area contributed by atoms with Gasteiger partial charge in [-0.2, -0.15) is 0 Å². The van der Waals surface area contributed by atoms with Gasteiger partial charge in [0.05, 0.1) is 18.2 Å². The summed E-state index contributed by atoms with van der Waals surface area (Å²) in [4.78, 5) is 13.7. The molecule has 1 N–H and O–H groups in total. The molecule has 2 fully saturated rings. The minimum Gasteiger partial charge on any atom is -0.381 e. The fourth-order valence-electron chi connectivity index (χ4n) is 2.79. The monoisotopic (exact) mass is 242 g/mol. The molecule has 1 spiro atoms. The average Bonchev–Trinajstić information content (AvgIpc) is 2.73. The number of nitrogens with one attached hydrogen (secondary N) is 1. The van der Waals surface area contributed by atoms with Crippen LogP contribution < -0.4 is 5.32 Å². The molecule has 1 amide bonds. The van der Waals surface area contributed by atoms with Gasteiger partial charge in [-0.1, -0.05) is 0 Å². The Morgan fingerprint density at radius 2 is 2.47 bits per heavy atom. The Morgan fingerprint density at radius 1 is 1.65 bits per heavy atom. The van der Waals surface area contributed by atoms with Crippen molar-refractivity contribution >= 4 is 5.91 Å². The number of likely N-dealkylation sites (tertiary alicyclic amines) is 1. The Kier molecular flexibility index (Phi) is 4.01. The van der Waals surface area contributed by atoms with E-state index in [4.69, 9.17) is 9.47 Å². The molecule has 0 bridgehead atoms. The summed E-state index contributed by atoms with van der Waals surface area (Å²) in [6, 6.07) is 0. The molecule has 0 aromatic heterocycles. The molecule has 2 aliphatic heterocycles. The van der Waals surface area contributed by atoms with Gasteiger partial charge in [0.1, 0.15) is 0 Å². The summed E-state index contributed by atoms with van der Waals surface area (Å²) in [6.45, 7) is 2.67. The van der Waals surface area contributed by atoms with Crippen LogP contribution in [-0.2, 0) is 14.3 Å². The Hall–Kier alpha value is -0.650. The van der Waals surface area contributed by atoms with Crippen LogP contribution in [0.25, 0.3) is 0 Å². The second-order valence-corrected chi connectivity index (χ2v) is 4.98. The molecule has 17 heavy (non-hydrogen) atoms. The summed E-state index contributed by atoms with van der Waals surface area (Å²) in [6.07, 6.45) is 3.08. The number of amides is 1. The standard InChI is InChI=1S/C12H22N2O3/c1-13-8-11(15)14-5-4-12(9-14)7-10(16-2)3-6-17-12/h10,13H,3-9H2,1-2H3/t10-,12-/m0/s1. The summed E-state index contributed by atoms with van der Waals surface area (Å²) < 4.78 is 11.3. The predicted molar refractivity (Wildman–Crippen MR) is 63.8 cm³/mol. The molecule has 0 aromatic rings. The van der Waals surface area contributed by atoms with Crippen LogP contribution in [0, 0.1) is 0 Å². The fraction of sp³-hybridized carbons (Fsp3) is 0.917. The van der Waals surface area contributed by atoms with Gasteiger partial charge >= 0.3 is 0 Å². The number of ether oxygens (including phenoxy) is 2. The fourth-order valence-corrected chi connectivity index (χ4v) is 2.79. The van der Waals surface area contributed by atoms with Crippen molar-refractivity contribution in [2.45, 2.75) is 31.0 Å². The second-order valence-electron chi connectivity index (χ2n) is 4.98. The largest absolute Gasteiger partial charge is 0.381 e. The van der Waals surface area contributed by atoms with Crippen molar-refractivity contribution in [3.63, 3.8) is 0 Å². The first-order valence-electron chi connectivity index (χ1n) is 6.28. The third kappa shape index (κ3) is 2.78. The summed E-state index contributed by atoms with van der Waals surface area (Å²) in [5.41, 5.74) is -0.150. The maximum absolute atomic E-state index is 11.8. The molecule has 2 atom stereocenters. The zero-order valence-corrected chi connectivity index (χ0v) is 10.7. The van der Waals surface area contributed by atoms with Crippen LogP contribution in [0.3, 0.4) is 0 Å². The molecule has 2 rings (SSSR count). The molecule has 2 heterocycles. The van der Waals surface area contributed by atoms with E-state index in [2.05, 4.69) is 5.32 Å². The molecule has 0 aliphatic carbocycles. The Morgan fingerprint density at radius 3 is 3.18 bits per heavy atom. The molecule has 98 valence electrons. The van der Waals surface area contributed by atoms with E-state index in [1.54, 1.807) is 14.2 Å². The van der Waals surface area contributed by atoms with Crippen molar-refractivity contribution in [1.29, 1.82) is 0 Å². The first-order chi connectivity index (χ1) is 8.19. The first-order valence-corrected chi connectivity index (χ1v) is 6.28. The van der Waals surface area contributed by atoms with Crippen LogP contribution in [0.4, 0.5) is 0 Å². The van der Waals surface area contributed by atoms with E-state index in [1.807, 2.05) is 4.90 Å². The van der Waals surface area contributed by atoms with Crippen LogP contribution in [0.1, 0.15) is 19.3 Å². The Balaban J connectivity index is 1.93. The van der Waals surface area contributed by atoms with Gasteiger partial charge in [0.2, 0.25) is 5.91 Å². The molecule has 2 aliphatic rings. The van der Waals surface area contributed by atoms with Gasteiger partial charge in [0.25, 0.3) is 0 Å². The van der Waals surface area contributed by atoms with Crippen molar-refractivity contribution < 1.29 is 14.3 Å². The lowest BCUT2D eigenvalue weighted by atomic mass is 9.91. The van der Waals surface area contributed by atoms with Gasteiger partial charge < -0.3 is 19.7 Å². The number of likely N-dealkylation sites (N-methyl/N-ethyl adjacent to an activating group) is 1. The summed E-state index contributed by atoms with van der Waals surface area (Å²) in [5, 5.41) is 2.90. The Labute approximate surface area is 102 Å². The summed E-state index contributed by atoms with van der Waals surface area (Å²) in [7, 11) is 3.55. The van der Waals surface area contributed by atoms with Gasteiger partial charge in [-0.15, -0.1) is 0 Å². The van der Waals surface area contributed by atoms with Crippen molar-refractivity contribution in [3.8, 4) is 0 Å². The van der Waals surface area contributed by atoms with Gasteiger partial charge in [0.15, 0.2) is 0 Å². The quantitative estimate of drug-likeness (QED) is 0.757. The van der Waals surface area contributed by atoms with E-state index in [0.29, 0.717) is 13.1 Å². The number of hydrogen-bond donors (Lipinski definition) is 1. The molecular weight excluding hydrogens is 220 g/mol. The number of hydrogen-bond acceptors (Lipinski definition) is 4. The highest BCUT2D eigenvalue weighted by atomic mass is 16.5. The van der Waals surface area contributed by atoms with E-state index >= 15 is 0 Å². The number of carbonyl (C=O) groups is 1. The van der Waals surface area contributed by atoms with E-state index in [1.165, 1.54) is 0 Å². The van der Waals surface area contributed by atoms with E-state index in [0.717, 1.165) is 32.4 Å². The third-order valence-electron chi connectivity index (χ3n) is 3.78. The molecule has 0 saturated carbocycles. The number of rotatable bonds is 3. The molecule has 2 saturated heterocycles. The van der Waals surface area contributed by atoms with E-state index in [-0.39, 0.29) is 17.6 Å². The Bertz CT molecular complexity index is 285. The lowest BCUT2D eigenvalue weighted by Crippen LogP contribution is -2.46. The number of methoxy groups -OCH3 is 1. The van der Waals surface area contributed by atoms with Gasteiger partial charge in [-0.25, -0.2) is 0 Å². The van der Waals surface area contributed by atoms with Crippen LogP contribution in [0.2, 0.25) is 0 Å². The van der Waals surface area contributed by atoms with Crippen LogP contribution in [0.5, 0.6) is 0 Å². The lowest BCUT2D eigenvalue weighted by Gasteiger charge is -2.37. The van der Waals surface area contributed by atoms with Gasteiger partial charge in [-0.3, -0.25) is 4.79 Å². The van der Waals surface area contributed by atoms with Crippen LogP contribution >= 0.6 is 0 Å². The van der Waals surface area contributed by atoms with E-state index in [9.17, 15) is 4.79 Å². The highest BCUT2D eigenvalue weighted by Crippen LogP contribution is 2.35. The highest BCUT2D eigenvalue weighted by Gasteiger charge is 2.44. The summed E-state index contributed by atoms with van der Waals surface area (Å²) >= 11 is 0. The zero-order valence-electron chi connectivity index (χ0n) is 10.7. The van der Waals surface area contributed by atoms with Gasteiger partial charge in [0, 0.05) is 33.2 Å². The van der Waals surface area contributed by atoms with E-state index < -0.39 is 0 Å². The minimum absolute atomic E-state index is 0.150. The smallest absolute Gasteiger partial charge is 0.236 e. The first kappa shape index (κ1) is 12.8. The third-order valence-corrected chi connectivity index (χ3v) is 3.78. The SMILES string of the molecule is CNCC(=O)N1CC[C@]2(C[C@@H](OC)CCO2)C1. The normalized spacial score (nSPS) is 33.3. The lowest BCUT2D eigenvalue weighted by molar-refractivity contribution is -0.136. The summed E-state index contributed by atoms with van der Waals surface area (Å²) in [5.74, 6) is 0.160. The highest BCUT2D eigenvalue weighted by molar-refractivity contribution is 5.78. The predicted octanol–water partition coefficient (Wildman–Crippen LogP) is 0.00230. The van der Waals surface area contributed by atoms with Crippen molar-refractivity contribution in [1.82, 2.24) is 10.2 Å². The molecule has 0 unspecified atom stereocenters. The topological polar surface area (TPSA) is 50.8 Å². The minimum atomic E-state index is -0.150. The average molecular weight is 242 g/mol. The second kappa shape index (κ2) is 5.33. The number of nitrogens with zero attached hydrogens (tertiary/aromatic N) is 1. The maximum Gasteiger partial charge on any atom is 0.236 e. The van der Waals surface area contributed by atoms with Crippen LogP contribution in [-0.4, -0.2) is 62.9 Å². The zero-order chi connectivity index (χ0) is 12.3. The molecule has 5 heteroatoms. The molecule has 5 nitrogen and oxygen atoms in total. The molecular formula is C12H22N2O3. The van der Waals surface area contributed by atoms with Crippen molar-refractivity contribution in [2.75, 3.05) is 40.4 Å².